The van der Waals surface area contributed by atoms with Crippen molar-refractivity contribution in [1.82, 2.24) is 4.57 Å². The number of aryl methyl sites for hydroxylation is 2. The molecule has 0 aliphatic rings. The Hall–Kier alpha value is -8.41. The number of halogens is 12. The maximum absolute atomic E-state index is 12.0. The Morgan fingerprint density at radius 2 is 0.632 bits per heavy atom. The van der Waals surface area contributed by atoms with Crippen molar-refractivity contribution in [2.24, 2.45) is 7.05 Å². The first kappa shape index (κ1) is 71.1. The topological polar surface area (TPSA) is 169 Å². The van der Waals surface area contributed by atoms with Gasteiger partial charge in [0, 0.05) is 22.3 Å². The van der Waals surface area contributed by atoms with Crippen molar-refractivity contribution in [3.63, 3.8) is 0 Å². The first-order chi connectivity index (χ1) is 40.3. The van der Waals surface area contributed by atoms with E-state index in [0.717, 1.165) is 49.6 Å². The fourth-order valence-electron chi connectivity index (χ4n) is 7.48. The summed E-state index contributed by atoms with van der Waals surface area (Å²) in [4.78, 5) is 46.3. The van der Waals surface area contributed by atoms with E-state index in [1.54, 1.807) is 72.8 Å². The second kappa shape index (κ2) is 31.8. The number of alkyl halides is 12. The molecule has 0 amide bonds. The van der Waals surface area contributed by atoms with Crippen LogP contribution in [0.2, 0.25) is 0 Å². The number of hydrogen-bond acceptors (Lipinski definition) is 8. The van der Waals surface area contributed by atoms with Crippen molar-refractivity contribution in [1.29, 1.82) is 0 Å². The SMILES string of the molecule is CCCCn1cc[n+](C)c1.O=C(/C=C(\[O-])C(F)(F)F)c1ccc2ccccc2c1.O=C(/C=C(\[O-])C(F)(F)F)c1ccc2ccccc2c1.O=C(/C=C(\[O-])C(F)(F)F)c1ccc2ccccc2c1.O=C(/C=C(\[O-])C(F)(F)F)c1ccc2ccccc2c1.[Eu+3]. The Bertz CT molecular complexity index is 3520. The molecule has 0 atom stereocenters. The second-order valence-corrected chi connectivity index (χ2v) is 18.4. The average Bonchev–Trinajstić information content (AvgIpc) is 2.65. The van der Waals surface area contributed by atoms with Crippen molar-refractivity contribution in [2.45, 2.75) is 51.0 Å². The molecule has 0 bridgehead atoms. The van der Waals surface area contributed by atoms with Crippen LogP contribution in [-0.4, -0.2) is 52.4 Å². The Labute approximate surface area is 529 Å². The van der Waals surface area contributed by atoms with Crippen LogP contribution < -0.4 is 25.0 Å². The standard InChI is InChI=1S/4C14H9F3O2.C8H15N2.Eu/c4*15-14(16,17)13(19)8-12(18)11-6-5-9-3-1-2-4-10(9)7-11;1-3-4-5-10-7-6-9(2)8-10;/h4*1-8,19H;6-8H,3-5H2,1-2H3;/q;;;;+1;+3/p-4/b4*13-8-;;. The summed E-state index contributed by atoms with van der Waals surface area (Å²) in [6.45, 7) is 3.36. The van der Waals surface area contributed by atoms with Gasteiger partial charge in [0.05, 0.1) is 13.6 Å². The summed E-state index contributed by atoms with van der Waals surface area (Å²) in [5, 5.41) is 49.2. The third kappa shape index (κ3) is 22.4. The number of fused-ring (bicyclic) bond motifs is 4. The molecule has 0 N–H and O–H groups in total. The normalized spacial score (nSPS) is 12.3. The summed E-state index contributed by atoms with van der Waals surface area (Å²) in [6, 6.07) is 46.3. The van der Waals surface area contributed by atoms with Crippen LogP contribution in [-0.2, 0) is 13.6 Å². The van der Waals surface area contributed by atoms with Gasteiger partial charge in [0.15, 0.2) is 23.1 Å². The molecule has 452 valence electrons. The number of hydrogen-bond donors (Lipinski definition) is 0. The molecular weight excluding hydrogens is 1300 g/mol. The molecule has 0 saturated heterocycles. The van der Waals surface area contributed by atoms with E-state index < -0.39 is 70.9 Å². The fourth-order valence-corrected chi connectivity index (χ4v) is 7.48. The number of aromatic nitrogens is 2. The van der Waals surface area contributed by atoms with E-state index in [2.05, 4.69) is 34.8 Å². The van der Waals surface area contributed by atoms with Gasteiger partial charge in [-0.15, -0.1) is 0 Å². The maximum atomic E-state index is 12.0. The minimum absolute atomic E-state index is 0. The number of nitrogens with zero attached hydrogens (tertiary/aromatic N) is 2. The van der Waals surface area contributed by atoms with E-state index in [9.17, 15) is 92.3 Å². The summed E-state index contributed by atoms with van der Waals surface area (Å²) in [5.41, 5.74) is 0.209. The van der Waals surface area contributed by atoms with Crippen LogP contribution in [0, 0.1) is 49.4 Å². The zero-order valence-electron chi connectivity index (χ0n) is 45.4. The summed E-state index contributed by atoms with van der Waals surface area (Å²) >= 11 is 0. The summed E-state index contributed by atoms with van der Waals surface area (Å²) in [6.07, 6.45) is -11.0. The van der Waals surface area contributed by atoms with Gasteiger partial charge in [0.2, 0.25) is 6.33 Å². The quantitative estimate of drug-likeness (QED) is 0.0405. The number of ketones is 4. The van der Waals surface area contributed by atoms with Crippen molar-refractivity contribution in [3.05, 3.63) is 258 Å². The van der Waals surface area contributed by atoms with Gasteiger partial charge < -0.3 is 20.4 Å². The number of imidazole rings is 1. The molecule has 9 aromatic rings. The van der Waals surface area contributed by atoms with Gasteiger partial charge in [0.25, 0.3) is 0 Å². The van der Waals surface area contributed by atoms with E-state index in [1.807, 2.05) is 55.6 Å². The number of benzene rings is 8. The first-order valence-corrected chi connectivity index (χ1v) is 25.3. The minimum atomic E-state index is -5.02. The molecule has 0 fully saturated rings. The molecule has 0 saturated carbocycles. The van der Waals surface area contributed by atoms with Gasteiger partial charge in [0.1, 0.15) is 12.4 Å². The largest absolute Gasteiger partial charge is 3.00 e. The third-order valence-corrected chi connectivity index (χ3v) is 11.9. The Morgan fingerprint density at radius 1 is 0.402 bits per heavy atom. The number of allylic oxidation sites excluding steroid dienone is 8. The van der Waals surface area contributed by atoms with Crippen LogP contribution in [0.3, 0.4) is 0 Å². The molecule has 8 aromatic carbocycles. The number of unbranched alkanes of at least 4 members (excludes halogenated alkanes) is 1. The van der Waals surface area contributed by atoms with E-state index in [0.29, 0.717) is 0 Å². The second-order valence-electron chi connectivity index (χ2n) is 18.4. The van der Waals surface area contributed by atoms with E-state index in [-0.39, 0.29) is 95.9 Å². The Balaban J connectivity index is 0.000000235. The predicted octanol–water partition coefficient (Wildman–Crippen LogP) is 12.4. The molecule has 9 rings (SSSR count). The van der Waals surface area contributed by atoms with Crippen molar-refractivity contribution >= 4 is 66.2 Å². The van der Waals surface area contributed by atoms with Crippen LogP contribution in [0.5, 0.6) is 0 Å². The van der Waals surface area contributed by atoms with Gasteiger partial charge in [-0.1, -0.05) is 159 Å². The van der Waals surface area contributed by atoms with Crippen LogP contribution in [0.15, 0.2) is 236 Å². The summed E-state index contributed by atoms with van der Waals surface area (Å²) < 4.78 is 149. The van der Waals surface area contributed by atoms with E-state index >= 15 is 0 Å². The van der Waals surface area contributed by atoms with Crippen LogP contribution in [0.1, 0.15) is 61.2 Å². The Morgan fingerprint density at radius 3 is 0.828 bits per heavy atom. The zero-order chi connectivity index (χ0) is 63.6. The van der Waals surface area contributed by atoms with Gasteiger partial charge in [-0.3, -0.25) is 19.2 Å². The molecule has 87 heavy (non-hydrogen) atoms. The molecule has 1 heterocycles. The molecule has 0 aliphatic heterocycles. The number of carbonyl (C=O) groups excluding carboxylic acids is 4. The minimum Gasteiger partial charge on any atom is -0.869 e. The van der Waals surface area contributed by atoms with Crippen LogP contribution in [0.25, 0.3) is 43.1 Å². The monoisotopic (exact) mass is 1350 g/mol. The molecule has 0 aliphatic carbocycles. The first-order valence-electron chi connectivity index (χ1n) is 25.3. The third-order valence-electron chi connectivity index (χ3n) is 11.9. The maximum Gasteiger partial charge on any atom is 3.00 e. The Kier molecular flexibility index (Phi) is 26.0. The molecule has 0 radical (unpaired) electrons. The zero-order valence-corrected chi connectivity index (χ0v) is 47.8. The molecule has 1 aromatic heterocycles. The average molecular weight is 1350 g/mol. The summed E-state index contributed by atoms with van der Waals surface area (Å²) in [7, 11) is 2.04. The van der Waals surface area contributed by atoms with E-state index in [1.165, 1.54) is 61.4 Å². The predicted molar refractivity (Wildman–Crippen MR) is 290 cm³/mol. The molecule has 0 unspecified atom stereocenters. The van der Waals surface area contributed by atoms with Gasteiger partial charge in [-0.25, -0.2) is 9.13 Å². The van der Waals surface area contributed by atoms with Crippen molar-refractivity contribution in [3.8, 4) is 0 Å². The summed E-state index contributed by atoms with van der Waals surface area (Å²) in [5.74, 6) is -12.4. The van der Waals surface area contributed by atoms with Crippen molar-refractivity contribution < 1.29 is 146 Å². The molecule has 10 nitrogen and oxygen atoms in total. The van der Waals surface area contributed by atoms with Gasteiger partial charge >= 0.3 is 74.1 Å². The molecule has 23 heteroatoms. The van der Waals surface area contributed by atoms with Crippen molar-refractivity contribution in [2.75, 3.05) is 0 Å². The van der Waals surface area contributed by atoms with E-state index in [4.69, 9.17) is 0 Å². The van der Waals surface area contributed by atoms with Gasteiger partial charge in [-0.2, -0.15) is 52.7 Å². The molecular formula is C64H47EuF12N2O8. The smallest absolute Gasteiger partial charge is 0.869 e. The van der Waals surface area contributed by atoms with Crippen LogP contribution in [0.4, 0.5) is 52.7 Å². The number of rotatable bonds is 11. The fraction of sp³-hybridized carbons (Fsp3) is 0.141. The van der Waals surface area contributed by atoms with Crippen LogP contribution >= 0.6 is 0 Å². The number of carbonyl (C=O) groups is 4. The van der Waals surface area contributed by atoms with Gasteiger partial charge in [-0.05, 0) is 121 Å². The molecule has 0 spiro atoms.